The summed E-state index contributed by atoms with van der Waals surface area (Å²) in [5.41, 5.74) is 2.28. The van der Waals surface area contributed by atoms with Crippen LogP contribution in [-0.4, -0.2) is 15.9 Å². The molecule has 4 aromatic carbocycles. The molecule has 0 N–H and O–H groups in total. The van der Waals surface area contributed by atoms with Crippen LogP contribution in [0.5, 0.6) is 5.75 Å². The SMILES string of the molecule is CCCCc1nc2ccc(Br)cc2c(=O)n1N=Cc1c(OCc2ccc(Cl)cc2)ccc2ccccc12. The van der Waals surface area contributed by atoms with E-state index in [1.807, 2.05) is 72.8 Å². The van der Waals surface area contributed by atoms with Crippen LogP contribution in [0.4, 0.5) is 0 Å². The highest BCUT2D eigenvalue weighted by molar-refractivity contribution is 9.10. The third kappa shape index (κ3) is 5.60. The Hall–Kier alpha value is -3.48. The molecular formula is C30H25BrClN3O2. The Morgan fingerprint density at radius 1 is 1.03 bits per heavy atom. The zero-order valence-electron chi connectivity index (χ0n) is 20.3. The van der Waals surface area contributed by atoms with Crippen molar-refractivity contribution in [2.45, 2.75) is 32.8 Å². The number of ether oxygens (including phenoxy) is 1. The molecule has 5 rings (SSSR count). The van der Waals surface area contributed by atoms with Crippen molar-refractivity contribution in [2.75, 3.05) is 0 Å². The molecule has 5 aromatic rings. The molecule has 0 aliphatic rings. The average Bonchev–Trinajstić information content (AvgIpc) is 2.92. The Labute approximate surface area is 228 Å². The predicted octanol–water partition coefficient (Wildman–Crippen LogP) is 7.77. The van der Waals surface area contributed by atoms with Crippen LogP contribution in [-0.2, 0) is 13.0 Å². The van der Waals surface area contributed by atoms with Crippen LogP contribution in [0.2, 0.25) is 5.02 Å². The van der Waals surface area contributed by atoms with Gasteiger partial charge in [-0.15, -0.1) is 0 Å². The first kappa shape index (κ1) is 25.2. The van der Waals surface area contributed by atoms with Gasteiger partial charge in [-0.25, -0.2) is 4.98 Å². The minimum atomic E-state index is -0.197. The Balaban J connectivity index is 1.60. The highest BCUT2D eigenvalue weighted by atomic mass is 79.9. The van der Waals surface area contributed by atoms with Crippen molar-refractivity contribution in [2.24, 2.45) is 5.10 Å². The van der Waals surface area contributed by atoms with E-state index < -0.39 is 0 Å². The predicted molar refractivity (Wildman–Crippen MR) is 155 cm³/mol. The summed E-state index contributed by atoms with van der Waals surface area (Å²) in [6.45, 7) is 2.49. The van der Waals surface area contributed by atoms with Crippen molar-refractivity contribution in [1.29, 1.82) is 0 Å². The summed E-state index contributed by atoms with van der Waals surface area (Å²) in [6.07, 6.45) is 4.27. The van der Waals surface area contributed by atoms with Crippen molar-refractivity contribution in [3.05, 3.63) is 116 Å². The molecule has 0 aliphatic carbocycles. The first-order valence-corrected chi connectivity index (χ1v) is 13.3. The largest absolute Gasteiger partial charge is 0.488 e. The molecule has 0 amide bonds. The maximum Gasteiger partial charge on any atom is 0.282 e. The van der Waals surface area contributed by atoms with Crippen molar-refractivity contribution >= 4 is 55.4 Å². The van der Waals surface area contributed by atoms with Crippen LogP contribution in [0.15, 0.2) is 93.2 Å². The van der Waals surface area contributed by atoms with E-state index >= 15 is 0 Å². The van der Waals surface area contributed by atoms with Crippen LogP contribution < -0.4 is 10.3 Å². The van der Waals surface area contributed by atoms with Crippen molar-refractivity contribution < 1.29 is 4.74 Å². The van der Waals surface area contributed by atoms with Gasteiger partial charge in [0.1, 0.15) is 18.2 Å². The molecular weight excluding hydrogens is 550 g/mol. The first-order chi connectivity index (χ1) is 18.0. The number of unbranched alkanes of at least 4 members (excludes halogenated alkanes) is 1. The summed E-state index contributed by atoms with van der Waals surface area (Å²) in [5.74, 6) is 1.32. The molecule has 5 nitrogen and oxygen atoms in total. The minimum absolute atomic E-state index is 0.197. The van der Waals surface area contributed by atoms with Crippen molar-refractivity contribution in [3.63, 3.8) is 0 Å². The number of rotatable bonds is 8. The van der Waals surface area contributed by atoms with E-state index in [0.29, 0.717) is 40.5 Å². The smallest absolute Gasteiger partial charge is 0.282 e. The zero-order valence-corrected chi connectivity index (χ0v) is 22.7. The molecule has 7 heteroatoms. The first-order valence-electron chi connectivity index (χ1n) is 12.2. The van der Waals surface area contributed by atoms with Gasteiger partial charge in [-0.3, -0.25) is 4.79 Å². The number of hydrogen-bond acceptors (Lipinski definition) is 4. The molecule has 0 radical (unpaired) electrons. The van der Waals surface area contributed by atoms with Crippen molar-refractivity contribution in [3.8, 4) is 5.75 Å². The van der Waals surface area contributed by atoms with E-state index in [4.69, 9.17) is 21.3 Å². The van der Waals surface area contributed by atoms with Gasteiger partial charge >= 0.3 is 0 Å². The van der Waals surface area contributed by atoms with E-state index in [1.165, 1.54) is 4.68 Å². The topological polar surface area (TPSA) is 56.5 Å². The number of aryl methyl sites for hydroxylation is 1. The molecule has 0 fully saturated rings. The van der Waals surface area contributed by atoms with E-state index in [0.717, 1.165) is 39.2 Å². The molecule has 37 heavy (non-hydrogen) atoms. The maximum absolute atomic E-state index is 13.5. The van der Waals surface area contributed by atoms with Gasteiger partial charge in [0.15, 0.2) is 0 Å². The van der Waals surface area contributed by atoms with Gasteiger partial charge in [-0.05, 0) is 59.2 Å². The molecule has 0 aliphatic heterocycles. The van der Waals surface area contributed by atoms with Gasteiger partial charge in [-0.1, -0.05) is 83.3 Å². The molecule has 1 heterocycles. The van der Waals surface area contributed by atoms with Crippen LogP contribution in [0.1, 0.15) is 36.7 Å². The van der Waals surface area contributed by atoms with Crippen LogP contribution >= 0.6 is 27.5 Å². The van der Waals surface area contributed by atoms with Gasteiger partial charge in [-0.2, -0.15) is 9.78 Å². The second-order valence-electron chi connectivity index (χ2n) is 8.77. The van der Waals surface area contributed by atoms with E-state index in [9.17, 15) is 4.79 Å². The summed E-state index contributed by atoms with van der Waals surface area (Å²) < 4.78 is 8.48. The number of hydrogen-bond donors (Lipinski definition) is 0. The number of aromatic nitrogens is 2. The summed E-state index contributed by atoms with van der Waals surface area (Å²) in [6, 6.07) is 25.1. The quantitative estimate of drug-likeness (QED) is 0.178. The molecule has 0 bridgehead atoms. The van der Waals surface area contributed by atoms with E-state index in [2.05, 4.69) is 28.0 Å². The summed E-state index contributed by atoms with van der Waals surface area (Å²) in [7, 11) is 0. The minimum Gasteiger partial charge on any atom is -0.488 e. The van der Waals surface area contributed by atoms with Gasteiger partial charge in [0.2, 0.25) is 0 Å². The van der Waals surface area contributed by atoms with Crippen LogP contribution in [0.3, 0.4) is 0 Å². The second kappa shape index (κ2) is 11.3. The number of fused-ring (bicyclic) bond motifs is 2. The molecule has 1 aromatic heterocycles. The fraction of sp³-hybridized carbons (Fsp3) is 0.167. The van der Waals surface area contributed by atoms with E-state index in [-0.39, 0.29) is 5.56 Å². The molecule has 0 saturated heterocycles. The van der Waals surface area contributed by atoms with Crippen LogP contribution in [0.25, 0.3) is 21.7 Å². The summed E-state index contributed by atoms with van der Waals surface area (Å²) in [5, 5.41) is 7.93. The van der Waals surface area contributed by atoms with Gasteiger partial charge in [0.05, 0.1) is 17.1 Å². The standard InChI is InChI=1S/C30H25BrClN3O2/c1-2-3-8-29-34-27-15-12-22(31)17-25(27)30(36)35(29)33-18-26-24-7-5-4-6-21(24)11-16-28(26)37-19-20-9-13-23(32)14-10-20/h4-7,9-18H,2-3,8,19H2,1H3. The Morgan fingerprint density at radius 2 is 1.84 bits per heavy atom. The number of benzene rings is 4. The van der Waals surface area contributed by atoms with Gasteiger partial charge in [0.25, 0.3) is 5.56 Å². The van der Waals surface area contributed by atoms with Gasteiger partial charge in [0, 0.05) is 21.5 Å². The molecule has 0 unspecified atom stereocenters. The third-order valence-corrected chi connectivity index (χ3v) is 6.92. The second-order valence-corrected chi connectivity index (χ2v) is 10.1. The fourth-order valence-electron chi connectivity index (χ4n) is 4.20. The lowest BCUT2D eigenvalue weighted by atomic mass is 10.0. The highest BCUT2D eigenvalue weighted by Crippen LogP contribution is 2.28. The molecule has 0 atom stereocenters. The zero-order chi connectivity index (χ0) is 25.8. The van der Waals surface area contributed by atoms with Crippen molar-refractivity contribution in [1.82, 2.24) is 9.66 Å². The molecule has 186 valence electrons. The lowest BCUT2D eigenvalue weighted by molar-refractivity contribution is 0.306. The Morgan fingerprint density at radius 3 is 2.65 bits per heavy atom. The monoisotopic (exact) mass is 573 g/mol. The lowest BCUT2D eigenvalue weighted by Gasteiger charge is -2.13. The Bertz CT molecular complexity index is 1660. The average molecular weight is 575 g/mol. The summed E-state index contributed by atoms with van der Waals surface area (Å²) >= 11 is 9.49. The molecule has 0 saturated carbocycles. The fourth-order valence-corrected chi connectivity index (χ4v) is 4.69. The lowest BCUT2D eigenvalue weighted by Crippen LogP contribution is -2.22. The normalized spacial score (nSPS) is 11.5. The third-order valence-electron chi connectivity index (χ3n) is 6.17. The Kier molecular flexibility index (Phi) is 7.68. The molecule has 0 spiro atoms. The number of halogens is 2. The van der Waals surface area contributed by atoms with Crippen LogP contribution in [0, 0.1) is 0 Å². The highest BCUT2D eigenvalue weighted by Gasteiger charge is 2.13. The maximum atomic E-state index is 13.5. The van der Waals surface area contributed by atoms with E-state index in [1.54, 1.807) is 12.3 Å². The number of nitrogens with zero attached hydrogens (tertiary/aromatic N) is 3. The summed E-state index contributed by atoms with van der Waals surface area (Å²) in [4.78, 5) is 18.3. The van der Waals surface area contributed by atoms with Gasteiger partial charge < -0.3 is 4.74 Å².